The van der Waals surface area contributed by atoms with E-state index in [-0.39, 0.29) is 11.9 Å². The number of benzene rings is 1. The molecule has 0 aliphatic carbocycles. The van der Waals surface area contributed by atoms with E-state index in [1.54, 1.807) is 24.5 Å². The minimum atomic E-state index is -0.0672. The molecule has 108 valence electrons. The Morgan fingerprint density at radius 2 is 2.19 bits per heavy atom. The molecule has 21 heavy (non-hydrogen) atoms. The summed E-state index contributed by atoms with van der Waals surface area (Å²) in [5, 5.41) is 2.99. The van der Waals surface area contributed by atoms with Gasteiger partial charge in [0.25, 0.3) is 5.91 Å². The molecule has 2 aromatic rings. The Kier molecular flexibility index (Phi) is 3.86. The lowest BCUT2D eigenvalue weighted by molar-refractivity contribution is 0.0951. The number of aromatic nitrogens is 1. The van der Waals surface area contributed by atoms with E-state index in [1.165, 1.54) is 11.3 Å². The van der Waals surface area contributed by atoms with E-state index in [9.17, 15) is 4.79 Å². The van der Waals surface area contributed by atoms with E-state index in [2.05, 4.69) is 46.4 Å². The van der Waals surface area contributed by atoms with Gasteiger partial charge in [-0.3, -0.25) is 9.78 Å². The molecule has 0 bridgehead atoms. The number of nitrogens with zero attached hydrogens (tertiary/aromatic N) is 2. The topological polar surface area (TPSA) is 45.2 Å². The van der Waals surface area contributed by atoms with Crippen molar-refractivity contribution in [2.45, 2.75) is 19.4 Å². The van der Waals surface area contributed by atoms with Gasteiger partial charge in [0.15, 0.2) is 0 Å². The van der Waals surface area contributed by atoms with Crippen LogP contribution in [0.2, 0.25) is 0 Å². The molecule has 0 fully saturated rings. The molecule has 1 atom stereocenters. The van der Waals surface area contributed by atoms with Crippen molar-refractivity contribution in [3.8, 4) is 0 Å². The lowest BCUT2D eigenvalue weighted by Crippen LogP contribution is -2.41. The quantitative estimate of drug-likeness (QED) is 0.935. The van der Waals surface area contributed by atoms with Crippen molar-refractivity contribution in [2.75, 3.05) is 18.0 Å². The summed E-state index contributed by atoms with van der Waals surface area (Å²) in [5.74, 6) is -0.0672. The van der Waals surface area contributed by atoms with Gasteiger partial charge in [0.2, 0.25) is 0 Å². The number of rotatable bonds is 4. The van der Waals surface area contributed by atoms with Gasteiger partial charge in [0.1, 0.15) is 0 Å². The fraction of sp³-hybridized carbons (Fsp3) is 0.294. The highest BCUT2D eigenvalue weighted by atomic mass is 16.1. The molecule has 3 rings (SSSR count). The van der Waals surface area contributed by atoms with Gasteiger partial charge in [-0.2, -0.15) is 0 Å². The second-order valence-corrected chi connectivity index (χ2v) is 5.37. The Morgan fingerprint density at radius 3 is 3.00 bits per heavy atom. The molecular formula is C17H19N3O. The van der Waals surface area contributed by atoms with Crippen LogP contribution in [0.3, 0.4) is 0 Å². The van der Waals surface area contributed by atoms with Crippen molar-refractivity contribution in [1.82, 2.24) is 10.3 Å². The third kappa shape index (κ3) is 2.89. The molecule has 4 heteroatoms. The number of anilines is 1. The largest absolute Gasteiger partial charge is 0.366 e. The number of carbonyl (C=O) groups is 1. The van der Waals surface area contributed by atoms with Crippen LogP contribution in [0.4, 0.5) is 5.69 Å². The molecule has 0 radical (unpaired) electrons. The Labute approximate surface area is 124 Å². The summed E-state index contributed by atoms with van der Waals surface area (Å²) < 4.78 is 0. The minimum absolute atomic E-state index is 0.0672. The summed E-state index contributed by atoms with van der Waals surface area (Å²) in [5.41, 5.74) is 3.29. The first-order valence-corrected chi connectivity index (χ1v) is 7.28. The molecule has 1 aliphatic heterocycles. The van der Waals surface area contributed by atoms with Gasteiger partial charge in [0.05, 0.1) is 5.56 Å². The Hall–Kier alpha value is -2.36. The van der Waals surface area contributed by atoms with Gasteiger partial charge >= 0.3 is 0 Å². The van der Waals surface area contributed by atoms with Gasteiger partial charge < -0.3 is 10.2 Å². The van der Waals surface area contributed by atoms with Gasteiger partial charge in [-0.15, -0.1) is 0 Å². The van der Waals surface area contributed by atoms with Crippen LogP contribution in [0.1, 0.15) is 22.8 Å². The highest BCUT2D eigenvalue weighted by Crippen LogP contribution is 2.28. The third-order valence-electron chi connectivity index (χ3n) is 3.94. The Bertz CT molecular complexity index is 627. The molecule has 1 amide bonds. The number of hydrogen-bond donors (Lipinski definition) is 1. The minimum Gasteiger partial charge on any atom is -0.366 e. The normalized spacial score (nSPS) is 14.6. The number of carbonyl (C=O) groups excluding carboxylic acids is 1. The number of nitrogens with one attached hydrogen (secondary N) is 1. The van der Waals surface area contributed by atoms with Gasteiger partial charge in [-0.25, -0.2) is 0 Å². The van der Waals surface area contributed by atoms with Crippen molar-refractivity contribution in [2.24, 2.45) is 0 Å². The van der Waals surface area contributed by atoms with Crippen LogP contribution in [-0.2, 0) is 6.42 Å². The second kappa shape index (κ2) is 5.95. The first kappa shape index (κ1) is 13.6. The van der Waals surface area contributed by atoms with Crippen molar-refractivity contribution < 1.29 is 4.79 Å². The van der Waals surface area contributed by atoms with Gasteiger partial charge in [-0.05, 0) is 37.1 Å². The maximum Gasteiger partial charge on any atom is 0.252 e. The van der Waals surface area contributed by atoms with Crippen molar-refractivity contribution in [3.05, 3.63) is 59.9 Å². The lowest BCUT2D eigenvalue weighted by atomic mass is 10.2. The van der Waals surface area contributed by atoms with Crippen molar-refractivity contribution in [1.29, 1.82) is 0 Å². The monoisotopic (exact) mass is 281 g/mol. The fourth-order valence-corrected chi connectivity index (χ4v) is 2.77. The average Bonchev–Trinajstić information content (AvgIpc) is 2.97. The second-order valence-electron chi connectivity index (χ2n) is 5.37. The maximum absolute atomic E-state index is 12.0. The van der Waals surface area contributed by atoms with Crippen LogP contribution in [0.25, 0.3) is 0 Å². The van der Waals surface area contributed by atoms with E-state index < -0.39 is 0 Å². The highest BCUT2D eigenvalue weighted by molar-refractivity contribution is 5.93. The first-order valence-electron chi connectivity index (χ1n) is 7.28. The number of hydrogen-bond acceptors (Lipinski definition) is 3. The van der Waals surface area contributed by atoms with Gasteiger partial charge in [0, 0.05) is 37.2 Å². The summed E-state index contributed by atoms with van der Waals surface area (Å²) in [4.78, 5) is 18.4. The Balaban J connectivity index is 1.61. The van der Waals surface area contributed by atoms with Crippen LogP contribution in [0.5, 0.6) is 0 Å². The molecule has 1 aromatic heterocycles. The molecule has 1 N–H and O–H groups in total. The zero-order chi connectivity index (χ0) is 14.7. The standard InChI is InChI=1S/C17H19N3O/c1-13(11-19-17(21)15-6-4-9-18-12-15)20-10-8-14-5-2-3-7-16(14)20/h2-7,9,12-13H,8,10-11H2,1H3,(H,19,21). The predicted octanol–water partition coefficient (Wildman–Crippen LogP) is 2.26. The van der Waals surface area contributed by atoms with Crippen LogP contribution in [0.15, 0.2) is 48.8 Å². The van der Waals surface area contributed by atoms with Crippen LogP contribution in [0, 0.1) is 0 Å². The van der Waals surface area contributed by atoms with E-state index in [0.717, 1.165) is 13.0 Å². The number of fused-ring (bicyclic) bond motifs is 1. The molecule has 1 unspecified atom stereocenters. The maximum atomic E-state index is 12.0. The summed E-state index contributed by atoms with van der Waals surface area (Å²) >= 11 is 0. The molecule has 4 nitrogen and oxygen atoms in total. The number of para-hydroxylation sites is 1. The average molecular weight is 281 g/mol. The predicted molar refractivity (Wildman–Crippen MR) is 83.5 cm³/mol. The first-order chi connectivity index (χ1) is 10.3. The summed E-state index contributed by atoms with van der Waals surface area (Å²) in [6.07, 6.45) is 4.34. The molecular weight excluding hydrogens is 262 g/mol. The summed E-state index contributed by atoms with van der Waals surface area (Å²) in [6, 6.07) is 12.3. The van der Waals surface area contributed by atoms with E-state index in [4.69, 9.17) is 0 Å². The molecule has 0 saturated heterocycles. The zero-order valence-electron chi connectivity index (χ0n) is 12.1. The Morgan fingerprint density at radius 1 is 1.33 bits per heavy atom. The van der Waals surface area contributed by atoms with Crippen molar-refractivity contribution >= 4 is 11.6 Å². The van der Waals surface area contributed by atoms with E-state index in [0.29, 0.717) is 12.1 Å². The molecule has 1 aromatic carbocycles. The third-order valence-corrected chi connectivity index (χ3v) is 3.94. The van der Waals surface area contributed by atoms with E-state index >= 15 is 0 Å². The SMILES string of the molecule is CC(CNC(=O)c1cccnc1)N1CCc2ccccc21. The smallest absolute Gasteiger partial charge is 0.252 e. The summed E-state index contributed by atoms with van der Waals surface area (Å²) in [6.45, 7) is 3.79. The lowest BCUT2D eigenvalue weighted by Gasteiger charge is -2.27. The van der Waals surface area contributed by atoms with Crippen molar-refractivity contribution in [3.63, 3.8) is 0 Å². The van der Waals surface area contributed by atoms with Gasteiger partial charge in [-0.1, -0.05) is 18.2 Å². The van der Waals surface area contributed by atoms with E-state index in [1.807, 2.05) is 0 Å². The number of pyridine rings is 1. The summed E-state index contributed by atoms with van der Waals surface area (Å²) in [7, 11) is 0. The molecule has 0 saturated carbocycles. The van der Waals surface area contributed by atoms with Crippen LogP contribution >= 0.6 is 0 Å². The van der Waals surface area contributed by atoms with Crippen LogP contribution < -0.4 is 10.2 Å². The van der Waals surface area contributed by atoms with Crippen LogP contribution in [-0.4, -0.2) is 30.0 Å². The number of amides is 1. The highest BCUT2D eigenvalue weighted by Gasteiger charge is 2.23. The molecule has 1 aliphatic rings. The fourth-order valence-electron chi connectivity index (χ4n) is 2.77. The molecule has 0 spiro atoms. The molecule has 2 heterocycles. The zero-order valence-corrected chi connectivity index (χ0v) is 12.1.